The fourth-order valence-electron chi connectivity index (χ4n) is 2.89. The Morgan fingerprint density at radius 3 is 2.32 bits per heavy atom. The van der Waals surface area contributed by atoms with E-state index in [0.29, 0.717) is 18.8 Å². The average Bonchev–Trinajstić information content (AvgIpc) is 2.64. The van der Waals surface area contributed by atoms with Crippen LogP contribution in [0.1, 0.15) is 5.56 Å². The molecule has 2 amide bonds. The second-order valence-corrected chi connectivity index (χ2v) is 7.27. The molecule has 0 spiro atoms. The molecule has 25 heavy (non-hydrogen) atoms. The molecule has 0 radical (unpaired) electrons. The monoisotopic (exact) mass is 449 g/mol. The maximum absolute atomic E-state index is 12.4. The molecule has 2 aromatic carbocycles. The highest BCUT2D eigenvalue weighted by molar-refractivity contribution is 14.1. The standard InChI is InChI=1S/C19H20IN3O2/c1-14-13-15(20)7-8-17(14)21-18(24)19(25)23-11-9-22(10-12-23)16-5-3-2-4-6-16/h2-8,13H,9-12H2,1H3,(H,21,24). The first kappa shape index (κ1) is 17.7. The topological polar surface area (TPSA) is 52.7 Å². The molecule has 130 valence electrons. The molecule has 6 heteroatoms. The van der Waals surface area contributed by atoms with Gasteiger partial charge in [-0.05, 0) is 65.4 Å². The van der Waals surface area contributed by atoms with Gasteiger partial charge in [0.25, 0.3) is 0 Å². The lowest BCUT2D eigenvalue weighted by atomic mass is 10.2. The van der Waals surface area contributed by atoms with Gasteiger partial charge >= 0.3 is 11.8 Å². The number of nitrogens with one attached hydrogen (secondary N) is 1. The van der Waals surface area contributed by atoms with Gasteiger partial charge < -0.3 is 15.1 Å². The summed E-state index contributed by atoms with van der Waals surface area (Å²) in [6.45, 7) is 4.47. The summed E-state index contributed by atoms with van der Waals surface area (Å²) in [5, 5.41) is 2.73. The molecule has 1 aliphatic heterocycles. The van der Waals surface area contributed by atoms with Crippen LogP contribution in [0, 0.1) is 10.5 Å². The molecular formula is C19H20IN3O2. The van der Waals surface area contributed by atoms with Crippen LogP contribution in [0.5, 0.6) is 0 Å². The first-order valence-corrected chi connectivity index (χ1v) is 9.29. The van der Waals surface area contributed by atoms with Crippen molar-refractivity contribution in [1.29, 1.82) is 0 Å². The van der Waals surface area contributed by atoms with Gasteiger partial charge in [0.1, 0.15) is 0 Å². The van der Waals surface area contributed by atoms with E-state index >= 15 is 0 Å². The van der Waals surface area contributed by atoms with Crippen molar-refractivity contribution in [3.05, 3.63) is 57.7 Å². The van der Waals surface area contributed by atoms with Gasteiger partial charge in [0, 0.05) is 41.1 Å². The number of benzene rings is 2. The summed E-state index contributed by atoms with van der Waals surface area (Å²) in [4.78, 5) is 28.5. The van der Waals surface area contributed by atoms with E-state index in [0.717, 1.165) is 27.9 Å². The molecule has 5 nitrogen and oxygen atoms in total. The summed E-state index contributed by atoms with van der Waals surface area (Å²) >= 11 is 2.22. The zero-order valence-corrected chi connectivity index (χ0v) is 16.2. The molecule has 1 heterocycles. The van der Waals surface area contributed by atoms with Crippen molar-refractivity contribution in [2.24, 2.45) is 0 Å². The predicted octanol–water partition coefficient (Wildman–Crippen LogP) is 2.89. The molecule has 0 atom stereocenters. The SMILES string of the molecule is Cc1cc(I)ccc1NC(=O)C(=O)N1CCN(c2ccccc2)CC1. The smallest absolute Gasteiger partial charge is 0.313 e. The van der Waals surface area contributed by atoms with E-state index in [4.69, 9.17) is 0 Å². The van der Waals surface area contributed by atoms with Crippen LogP contribution in [0.4, 0.5) is 11.4 Å². The quantitative estimate of drug-likeness (QED) is 0.567. The Labute approximate surface area is 161 Å². The Hall–Kier alpha value is -2.09. The van der Waals surface area contributed by atoms with Crippen LogP contribution in [0.15, 0.2) is 48.5 Å². The molecule has 0 bridgehead atoms. The minimum Gasteiger partial charge on any atom is -0.368 e. The molecule has 0 unspecified atom stereocenters. The highest BCUT2D eigenvalue weighted by atomic mass is 127. The van der Waals surface area contributed by atoms with Crippen molar-refractivity contribution >= 4 is 45.8 Å². The number of amides is 2. The third-order valence-electron chi connectivity index (χ3n) is 4.32. The van der Waals surface area contributed by atoms with Gasteiger partial charge in [0.15, 0.2) is 0 Å². The predicted molar refractivity (Wildman–Crippen MR) is 108 cm³/mol. The minimum atomic E-state index is -0.572. The van der Waals surface area contributed by atoms with Crippen LogP contribution in [-0.2, 0) is 9.59 Å². The van der Waals surface area contributed by atoms with Crippen molar-refractivity contribution < 1.29 is 9.59 Å². The Morgan fingerprint density at radius 1 is 1.00 bits per heavy atom. The van der Waals surface area contributed by atoms with E-state index in [-0.39, 0.29) is 0 Å². The van der Waals surface area contributed by atoms with Crippen LogP contribution in [0.2, 0.25) is 0 Å². The Morgan fingerprint density at radius 2 is 1.68 bits per heavy atom. The molecule has 2 aromatic rings. The number of nitrogens with zero attached hydrogens (tertiary/aromatic N) is 2. The minimum absolute atomic E-state index is 0.467. The summed E-state index contributed by atoms with van der Waals surface area (Å²) in [7, 11) is 0. The van der Waals surface area contributed by atoms with Gasteiger partial charge in [-0.15, -0.1) is 0 Å². The van der Waals surface area contributed by atoms with Crippen molar-refractivity contribution in [3.63, 3.8) is 0 Å². The van der Waals surface area contributed by atoms with Crippen LogP contribution < -0.4 is 10.2 Å². The molecule has 3 rings (SSSR count). The maximum atomic E-state index is 12.4. The zero-order valence-electron chi connectivity index (χ0n) is 14.0. The molecule has 1 fully saturated rings. The normalized spacial score (nSPS) is 14.3. The molecule has 0 saturated carbocycles. The van der Waals surface area contributed by atoms with Crippen LogP contribution in [-0.4, -0.2) is 42.9 Å². The molecule has 1 N–H and O–H groups in total. The number of halogens is 1. The molecule has 1 saturated heterocycles. The Balaban J connectivity index is 1.57. The number of carbonyl (C=O) groups excluding carboxylic acids is 2. The maximum Gasteiger partial charge on any atom is 0.313 e. The number of hydrogen-bond donors (Lipinski definition) is 1. The lowest BCUT2D eigenvalue weighted by Gasteiger charge is -2.35. The van der Waals surface area contributed by atoms with Gasteiger partial charge in [-0.1, -0.05) is 18.2 Å². The van der Waals surface area contributed by atoms with Crippen LogP contribution in [0.25, 0.3) is 0 Å². The first-order chi connectivity index (χ1) is 12.0. The molecule has 1 aliphatic rings. The number of hydrogen-bond acceptors (Lipinski definition) is 3. The summed E-state index contributed by atoms with van der Waals surface area (Å²) < 4.78 is 1.09. The van der Waals surface area contributed by atoms with Crippen molar-refractivity contribution in [2.75, 3.05) is 36.4 Å². The summed E-state index contributed by atoms with van der Waals surface area (Å²) in [5.41, 5.74) is 2.78. The van der Waals surface area contributed by atoms with Gasteiger partial charge in [0.05, 0.1) is 0 Å². The van der Waals surface area contributed by atoms with E-state index in [1.165, 1.54) is 0 Å². The van der Waals surface area contributed by atoms with Crippen LogP contribution in [0.3, 0.4) is 0 Å². The van der Waals surface area contributed by atoms with Gasteiger partial charge in [-0.25, -0.2) is 0 Å². The fourth-order valence-corrected chi connectivity index (χ4v) is 3.54. The number of carbonyl (C=O) groups is 2. The fraction of sp³-hybridized carbons (Fsp3) is 0.263. The van der Waals surface area contributed by atoms with Gasteiger partial charge in [-0.2, -0.15) is 0 Å². The second kappa shape index (κ2) is 7.86. The summed E-state index contributed by atoms with van der Waals surface area (Å²) in [6, 6.07) is 15.8. The van der Waals surface area contributed by atoms with E-state index in [1.54, 1.807) is 4.90 Å². The third kappa shape index (κ3) is 4.31. The van der Waals surface area contributed by atoms with Crippen LogP contribution >= 0.6 is 22.6 Å². The average molecular weight is 449 g/mol. The largest absolute Gasteiger partial charge is 0.368 e. The molecule has 0 aliphatic carbocycles. The van der Waals surface area contributed by atoms with E-state index in [2.05, 4.69) is 44.9 Å². The summed E-state index contributed by atoms with van der Waals surface area (Å²) in [6.07, 6.45) is 0. The first-order valence-electron chi connectivity index (χ1n) is 8.21. The van der Waals surface area contributed by atoms with Gasteiger partial charge in [0.2, 0.25) is 0 Å². The number of anilines is 2. The summed E-state index contributed by atoms with van der Waals surface area (Å²) in [5.74, 6) is -1.04. The van der Waals surface area contributed by atoms with Crippen molar-refractivity contribution in [1.82, 2.24) is 4.90 Å². The van der Waals surface area contributed by atoms with E-state index in [9.17, 15) is 9.59 Å². The van der Waals surface area contributed by atoms with Gasteiger partial charge in [-0.3, -0.25) is 9.59 Å². The van der Waals surface area contributed by atoms with E-state index in [1.807, 2.05) is 43.3 Å². The number of piperazine rings is 1. The Kier molecular flexibility index (Phi) is 5.57. The third-order valence-corrected chi connectivity index (χ3v) is 4.99. The van der Waals surface area contributed by atoms with Crippen molar-refractivity contribution in [3.8, 4) is 0 Å². The second-order valence-electron chi connectivity index (χ2n) is 6.03. The highest BCUT2D eigenvalue weighted by Crippen LogP contribution is 2.18. The molecule has 0 aromatic heterocycles. The number of para-hydroxylation sites is 1. The zero-order chi connectivity index (χ0) is 17.8. The lowest BCUT2D eigenvalue weighted by molar-refractivity contribution is -0.143. The number of rotatable bonds is 2. The molecular weight excluding hydrogens is 429 g/mol. The Bertz CT molecular complexity index is 771. The van der Waals surface area contributed by atoms with Crippen molar-refractivity contribution in [2.45, 2.75) is 6.92 Å². The van der Waals surface area contributed by atoms with E-state index < -0.39 is 11.8 Å². The number of aryl methyl sites for hydroxylation is 1. The lowest BCUT2D eigenvalue weighted by Crippen LogP contribution is -2.51. The highest BCUT2D eigenvalue weighted by Gasteiger charge is 2.26.